The monoisotopic (exact) mass is 384 g/mol. The summed E-state index contributed by atoms with van der Waals surface area (Å²) in [5.41, 5.74) is 1.52. The molecule has 2 aromatic rings. The van der Waals surface area contributed by atoms with Gasteiger partial charge in [0, 0.05) is 44.3 Å². The molecule has 0 unspecified atom stereocenters. The fourth-order valence-corrected chi connectivity index (χ4v) is 4.17. The molecule has 28 heavy (non-hydrogen) atoms. The SMILES string of the molecule is Cc1ncc(C(=O)N2CCO[C@@H](CN3CCCCC3)[C@@H]2c2cnn(C)c2)cn1. The largest absolute Gasteiger partial charge is 0.373 e. The number of carbonyl (C=O) groups excluding carboxylic acids is 1. The Morgan fingerprint density at radius 2 is 1.89 bits per heavy atom. The third kappa shape index (κ3) is 4.07. The van der Waals surface area contributed by atoms with Gasteiger partial charge in [0.05, 0.1) is 30.5 Å². The first-order chi connectivity index (χ1) is 13.6. The van der Waals surface area contributed by atoms with Crippen LogP contribution in [0.4, 0.5) is 0 Å². The lowest BCUT2D eigenvalue weighted by molar-refractivity contribution is -0.0741. The lowest BCUT2D eigenvalue weighted by Crippen LogP contribution is -2.52. The van der Waals surface area contributed by atoms with Gasteiger partial charge in [-0.3, -0.25) is 9.48 Å². The molecule has 8 nitrogen and oxygen atoms in total. The first-order valence-corrected chi connectivity index (χ1v) is 10.0. The molecular formula is C20H28N6O2. The number of hydrogen-bond acceptors (Lipinski definition) is 6. The van der Waals surface area contributed by atoms with Crippen molar-refractivity contribution in [3.8, 4) is 0 Å². The number of rotatable bonds is 4. The zero-order valence-corrected chi connectivity index (χ0v) is 16.6. The summed E-state index contributed by atoms with van der Waals surface area (Å²) in [6.07, 6.45) is 10.7. The second-order valence-corrected chi connectivity index (χ2v) is 7.68. The minimum atomic E-state index is -0.168. The van der Waals surface area contributed by atoms with Gasteiger partial charge in [-0.25, -0.2) is 9.97 Å². The Labute approximate surface area is 165 Å². The lowest BCUT2D eigenvalue weighted by Gasteiger charge is -2.43. The van der Waals surface area contributed by atoms with Crippen LogP contribution in [-0.2, 0) is 11.8 Å². The van der Waals surface area contributed by atoms with Crippen molar-refractivity contribution in [1.82, 2.24) is 29.5 Å². The fraction of sp³-hybridized carbons (Fsp3) is 0.600. The quantitative estimate of drug-likeness (QED) is 0.797. The van der Waals surface area contributed by atoms with Gasteiger partial charge in [-0.05, 0) is 32.9 Å². The molecule has 2 aliphatic heterocycles. The Morgan fingerprint density at radius 3 is 2.57 bits per heavy atom. The van der Waals surface area contributed by atoms with Crippen LogP contribution >= 0.6 is 0 Å². The second kappa shape index (κ2) is 8.36. The van der Waals surface area contributed by atoms with E-state index in [-0.39, 0.29) is 18.1 Å². The van der Waals surface area contributed by atoms with Crippen LogP contribution in [0.3, 0.4) is 0 Å². The van der Waals surface area contributed by atoms with Gasteiger partial charge in [-0.15, -0.1) is 0 Å². The van der Waals surface area contributed by atoms with Crippen molar-refractivity contribution in [2.24, 2.45) is 7.05 Å². The standard InChI is InChI=1S/C20H28N6O2/c1-15-21-10-16(11-22-15)20(27)26-8-9-28-18(14-25-6-4-3-5-7-25)19(26)17-12-23-24(2)13-17/h10-13,18-19H,3-9,14H2,1-2H3/t18-,19-/m0/s1. The Bertz CT molecular complexity index is 799. The van der Waals surface area contributed by atoms with Gasteiger partial charge in [-0.2, -0.15) is 5.10 Å². The van der Waals surface area contributed by atoms with Crippen LogP contribution in [0.25, 0.3) is 0 Å². The van der Waals surface area contributed by atoms with Crippen molar-refractivity contribution in [2.75, 3.05) is 32.8 Å². The summed E-state index contributed by atoms with van der Waals surface area (Å²) in [6, 6.07) is -0.168. The zero-order valence-electron chi connectivity index (χ0n) is 16.6. The minimum absolute atomic E-state index is 0.0548. The molecule has 2 atom stereocenters. The van der Waals surface area contributed by atoms with Gasteiger partial charge in [0.2, 0.25) is 0 Å². The van der Waals surface area contributed by atoms with Crippen LogP contribution in [0, 0.1) is 6.92 Å². The normalized spacial score (nSPS) is 23.7. The molecule has 0 bridgehead atoms. The Kier molecular flexibility index (Phi) is 5.68. The number of likely N-dealkylation sites (tertiary alicyclic amines) is 1. The van der Waals surface area contributed by atoms with Crippen LogP contribution in [0.15, 0.2) is 24.8 Å². The van der Waals surface area contributed by atoms with Gasteiger partial charge < -0.3 is 14.5 Å². The second-order valence-electron chi connectivity index (χ2n) is 7.68. The van der Waals surface area contributed by atoms with E-state index in [4.69, 9.17) is 4.74 Å². The van der Waals surface area contributed by atoms with Crippen molar-refractivity contribution in [3.05, 3.63) is 41.7 Å². The van der Waals surface area contributed by atoms with E-state index < -0.39 is 0 Å². The number of piperidine rings is 1. The Morgan fingerprint density at radius 1 is 1.14 bits per heavy atom. The third-order valence-corrected chi connectivity index (χ3v) is 5.59. The third-order valence-electron chi connectivity index (χ3n) is 5.59. The van der Waals surface area contributed by atoms with Gasteiger partial charge in [0.1, 0.15) is 5.82 Å². The fourth-order valence-electron chi connectivity index (χ4n) is 4.17. The number of aryl methyl sites for hydroxylation is 2. The highest BCUT2D eigenvalue weighted by atomic mass is 16.5. The molecule has 0 spiro atoms. The number of hydrogen-bond donors (Lipinski definition) is 0. The summed E-state index contributed by atoms with van der Waals surface area (Å²) in [6.45, 7) is 5.92. The van der Waals surface area contributed by atoms with E-state index in [0.717, 1.165) is 25.2 Å². The maximum atomic E-state index is 13.3. The maximum absolute atomic E-state index is 13.3. The molecule has 0 saturated carbocycles. The maximum Gasteiger partial charge on any atom is 0.257 e. The predicted octanol–water partition coefficient (Wildman–Crippen LogP) is 1.59. The van der Waals surface area contributed by atoms with E-state index in [9.17, 15) is 4.79 Å². The molecule has 2 aromatic heterocycles. The van der Waals surface area contributed by atoms with E-state index in [1.807, 2.05) is 31.3 Å². The molecule has 0 aromatic carbocycles. The van der Waals surface area contributed by atoms with Crippen LogP contribution in [0.2, 0.25) is 0 Å². The van der Waals surface area contributed by atoms with Crippen LogP contribution < -0.4 is 0 Å². The van der Waals surface area contributed by atoms with Gasteiger partial charge in [0.15, 0.2) is 0 Å². The lowest BCUT2D eigenvalue weighted by atomic mass is 9.98. The number of amides is 1. The Balaban J connectivity index is 1.61. The zero-order chi connectivity index (χ0) is 19.5. The highest BCUT2D eigenvalue weighted by Crippen LogP contribution is 2.31. The average Bonchev–Trinajstić information content (AvgIpc) is 3.14. The van der Waals surface area contributed by atoms with Crippen molar-refractivity contribution >= 4 is 5.91 Å². The first-order valence-electron chi connectivity index (χ1n) is 10.0. The summed E-state index contributed by atoms with van der Waals surface area (Å²) in [4.78, 5) is 26.0. The minimum Gasteiger partial charge on any atom is -0.373 e. The molecule has 1 amide bonds. The summed E-state index contributed by atoms with van der Waals surface area (Å²) in [5, 5.41) is 4.34. The van der Waals surface area contributed by atoms with Crippen LogP contribution in [0.1, 0.15) is 47.1 Å². The van der Waals surface area contributed by atoms with Crippen LogP contribution in [0.5, 0.6) is 0 Å². The predicted molar refractivity (Wildman–Crippen MR) is 104 cm³/mol. The Hall–Kier alpha value is -2.32. The molecule has 4 heterocycles. The molecule has 0 N–H and O–H groups in total. The number of ether oxygens (including phenoxy) is 1. The number of morpholine rings is 1. The van der Waals surface area contributed by atoms with Gasteiger partial charge in [-0.1, -0.05) is 6.42 Å². The smallest absolute Gasteiger partial charge is 0.257 e. The van der Waals surface area contributed by atoms with E-state index in [1.54, 1.807) is 17.1 Å². The van der Waals surface area contributed by atoms with E-state index >= 15 is 0 Å². The van der Waals surface area contributed by atoms with E-state index in [2.05, 4.69) is 20.0 Å². The van der Waals surface area contributed by atoms with Crippen LogP contribution in [-0.4, -0.2) is 74.3 Å². The molecular weight excluding hydrogens is 356 g/mol. The number of aromatic nitrogens is 4. The summed E-state index contributed by atoms with van der Waals surface area (Å²) >= 11 is 0. The molecule has 8 heteroatoms. The molecule has 150 valence electrons. The van der Waals surface area contributed by atoms with Gasteiger partial charge >= 0.3 is 0 Å². The molecule has 4 rings (SSSR count). The van der Waals surface area contributed by atoms with Crippen molar-refractivity contribution in [2.45, 2.75) is 38.3 Å². The molecule has 0 aliphatic carbocycles. The summed E-state index contributed by atoms with van der Waals surface area (Å²) in [7, 11) is 1.90. The molecule has 2 fully saturated rings. The van der Waals surface area contributed by atoms with Crippen molar-refractivity contribution in [3.63, 3.8) is 0 Å². The number of carbonyl (C=O) groups is 1. The number of nitrogens with zero attached hydrogens (tertiary/aromatic N) is 6. The van der Waals surface area contributed by atoms with E-state index in [1.165, 1.54) is 19.3 Å². The van der Waals surface area contributed by atoms with Crippen molar-refractivity contribution < 1.29 is 9.53 Å². The topological polar surface area (TPSA) is 76.4 Å². The highest BCUT2D eigenvalue weighted by Gasteiger charge is 2.38. The highest BCUT2D eigenvalue weighted by molar-refractivity contribution is 5.94. The van der Waals surface area contributed by atoms with E-state index in [0.29, 0.717) is 24.5 Å². The summed E-state index contributed by atoms with van der Waals surface area (Å²) < 4.78 is 7.97. The van der Waals surface area contributed by atoms with Gasteiger partial charge in [0.25, 0.3) is 5.91 Å². The average molecular weight is 384 g/mol. The summed E-state index contributed by atoms with van der Waals surface area (Å²) in [5.74, 6) is 0.603. The van der Waals surface area contributed by atoms with Crippen molar-refractivity contribution in [1.29, 1.82) is 0 Å². The first kappa shape index (κ1) is 19.0. The molecule has 2 aliphatic rings. The molecule has 2 saturated heterocycles. The molecule has 0 radical (unpaired) electrons.